The van der Waals surface area contributed by atoms with Gasteiger partial charge in [-0.3, -0.25) is 0 Å². The third-order valence-electron chi connectivity index (χ3n) is 4.00. The molecule has 5 heteroatoms. The molecule has 0 spiro atoms. The van der Waals surface area contributed by atoms with Crippen LogP contribution < -0.4 is 0 Å². The fraction of sp³-hybridized carbons (Fsp3) is 0.100. The lowest BCUT2D eigenvalue weighted by Gasteiger charge is -2.18. The third-order valence-corrected chi connectivity index (χ3v) is 5.48. The molecule has 1 unspecified atom stereocenters. The van der Waals surface area contributed by atoms with Gasteiger partial charge in [0.2, 0.25) is 0 Å². The second kappa shape index (κ2) is 6.90. The number of rotatable bonds is 4. The van der Waals surface area contributed by atoms with E-state index in [0.29, 0.717) is 0 Å². The molecule has 0 aliphatic heterocycles. The summed E-state index contributed by atoms with van der Waals surface area (Å²) in [5.74, 6) is 0. The molecule has 25 heavy (non-hydrogen) atoms. The van der Waals surface area contributed by atoms with Crippen LogP contribution in [-0.2, 0) is 0 Å². The Labute approximate surface area is 155 Å². The van der Waals surface area contributed by atoms with Gasteiger partial charge in [0.15, 0.2) is 0 Å². The number of halogens is 1. The summed E-state index contributed by atoms with van der Waals surface area (Å²) >= 11 is 7.97. The highest BCUT2D eigenvalue weighted by Crippen LogP contribution is 2.38. The summed E-state index contributed by atoms with van der Waals surface area (Å²) in [4.78, 5) is 1.18. The molecule has 124 valence electrons. The number of aromatic nitrogens is 3. The van der Waals surface area contributed by atoms with Gasteiger partial charge in [-0.1, -0.05) is 70.5 Å². The quantitative estimate of drug-likeness (QED) is 0.432. The van der Waals surface area contributed by atoms with E-state index in [-0.39, 0.29) is 5.37 Å². The summed E-state index contributed by atoms with van der Waals surface area (Å²) in [6, 6.07) is 24.4. The number of thioether (sulfide) groups is 1. The summed E-state index contributed by atoms with van der Waals surface area (Å²) in [5.41, 5.74) is 4.23. The Kier molecular flexibility index (Phi) is 4.47. The molecule has 0 saturated carbocycles. The summed E-state index contributed by atoms with van der Waals surface area (Å²) in [5, 5.41) is 9.40. The van der Waals surface area contributed by atoms with Gasteiger partial charge in [-0.15, -0.1) is 5.10 Å². The molecule has 0 aliphatic rings. The molecule has 3 nitrogen and oxygen atoms in total. The van der Waals surface area contributed by atoms with Crippen molar-refractivity contribution in [3.05, 3.63) is 88.9 Å². The average Bonchev–Trinajstić information content (AvgIpc) is 3.05. The Balaban J connectivity index is 1.82. The minimum absolute atomic E-state index is 0.0474. The van der Waals surface area contributed by atoms with E-state index in [1.54, 1.807) is 11.8 Å². The van der Waals surface area contributed by atoms with E-state index in [2.05, 4.69) is 47.6 Å². The number of para-hydroxylation sites is 1. The van der Waals surface area contributed by atoms with Crippen molar-refractivity contribution in [2.24, 2.45) is 0 Å². The topological polar surface area (TPSA) is 30.7 Å². The van der Waals surface area contributed by atoms with Crippen LogP contribution in [0.15, 0.2) is 77.7 Å². The van der Waals surface area contributed by atoms with Crippen LogP contribution >= 0.6 is 23.4 Å². The normalized spacial score (nSPS) is 12.4. The van der Waals surface area contributed by atoms with Gasteiger partial charge in [0, 0.05) is 9.92 Å². The monoisotopic (exact) mass is 365 g/mol. The van der Waals surface area contributed by atoms with Crippen molar-refractivity contribution in [3.8, 4) is 0 Å². The van der Waals surface area contributed by atoms with Gasteiger partial charge in [-0.05, 0) is 48.9 Å². The maximum Gasteiger partial charge on any atom is 0.129 e. The van der Waals surface area contributed by atoms with Crippen LogP contribution in [0.1, 0.15) is 16.5 Å². The first-order valence-corrected chi connectivity index (χ1v) is 9.25. The minimum Gasteiger partial charge on any atom is -0.227 e. The van der Waals surface area contributed by atoms with E-state index in [0.717, 1.165) is 21.6 Å². The fourth-order valence-corrected chi connectivity index (χ4v) is 4.01. The van der Waals surface area contributed by atoms with Crippen LogP contribution in [0.4, 0.5) is 0 Å². The first-order valence-electron chi connectivity index (χ1n) is 7.99. The first-order chi connectivity index (χ1) is 12.2. The second-order valence-electron chi connectivity index (χ2n) is 5.86. The minimum atomic E-state index is -0.0474. The van der Waals surface area contributed by atoms with Crippen LogP contribution in [-0.4, -0.2) is 15.0 Å². The van der Waals surface area contributed by atoms with E-state index in [1.165, 1.54) is 10.5 Å². The lowest BCUT2D eigenvalue weighted by molar-refractivity contribution is 0.655. The van der Waals surface area contributed by atoms with Gasteiger partial charge in [0.1, 0.15) is 10.9 Å². The average molecular weight is 366 g/mol. The van der Waals surface area contributed by atoms with Crippen molar-refractivity contribution in [2.75, 3.05) is 0 Å². The predicted octanol–water partition coefficient (Wildman–Crippen LogP) is 5.73. The number of aryl methyl sites for hydroxylation is 1. The molecule has 1 aromatic heterocycles. The molecule has 0 amide bonds. The van der Waals surface area contributed by atoms with E-state index >= 15 is 0 Å². The van der Waals surface area contributed by atoms with Crippen molar-refractivity contribution in [2.45, 2.75) is 17.2 Å². The molecular weight excluding hydrogens is 350 g/mol. The van der Waals surface area contributed by atoms with Gasteiger partial charge in [-0.25, -0.2) is 4.68 Å². The summed E-state index contributed by atoms with van der Waals surface area (Å²) < 4.78 is 1.96. The standard InChI is InChI=1S/C20H16ClN3S/c1-14-9-11-17(12-10-14)25-20(15-5-4-6-16(21)13-15)24-19-8-3-2-7-18(19)22-23-24/h2-13,20H,1H3. The van der Waals surface area contributed by atoms with E-state index < -0.39 is 0 Å². The van der Waals surface area contributed by atoms with Crippen LogP contribution in [0, 0.1) is 6.92 Å². The number of fused-ring (bicyclic) bond motifs is 1. The molecule has 0 N–H and O–H groups in total. The van der Waals surface area contributed by atoms with Crippen molar-refractivity contribution in [3.63, 3.8) is 0 Å². The van der Waals surface area contributed by atoms with E-state index in [4.69, 9.17) is 11.6 Å². The molecule has 0 saturated heterocycles. The smallest absolute Gasteiger partial charge is 0.129 e. The third kappa shape index (κ3) is 3.41. The molecule has 4 aromatic rings. The Morgan fingerprint density at radius 1 is 0.960 bits per heavy atom. The second-order valence-corrected chi connectivity index (χ2v) is 7.45. The molecule has 0 radical (unpaired) electrons. The first kappa shape index (κ1) is 16.2. The number of hydrogen-bond donors (Lipinski definition) is 0. The number of hydrogen-bond acceptors (Lipinski definition) is 3. The number of nitrogens with zero attached hydrogens (tertiary/aromatic N) is 3. The Bertz CT molecular complexity index is 1010. The molecular formula is C20H16ClN3S. The van der Waals surface area contributed by atoms with Gasteiger partial charge in [0.25, 0.3) is 0 Å². The van der Waals surface area contributed by atoms with Crippen molar-refractivity contribution in [1.82, 2.24) is 15.0 Å². The molecule has 3 aromatic carbocycles. The van der Waals surface area contributed by atoms with Crippen LogP contribution in [0.5, 0.6) is 0 Å². The molecule has 1 atom stereocenters. The SMILES string of the molecule is Cc1ccc(SC(c2cccc(Cl)c2)n2nnc3ccccc32)cc1. The van der Waals surface area contributed by atoms with E-state index in [9.17, 15) is 0 Å². The zero-order chi connectivity index (χ0) is 17.2. The molecule has 0 bridgehead atoms. The maximum absolute atomic E-state index is 6.24. The van der Waals surface area contributed by atoms with Crippen LogP contribution in [0.2, 0.25) is 5.02 Å². The van der Waals surface area contributed by atoms with Gasteiger partial charge in [0.05, 0.1) is 5.52 Å². The predicted molar refractivity (Wildman–Crippen MR) is 104 cm³/mol. The highest BCUT2D eigenvalue weighted by molar-refractivity contribution is 7.99. The zero-order valence-electron chi connectivity index (χ0n) is 13.6. The van der Waals surface area contributed by atoms with Crippen molar-refractivity contribution in [1.29, 1.82) is 0 Å². The maximum atomic E-state index is 6.24. The molecule has 0 aliphatic carbocycles. The van der Waals surface area contributed by atoms with Gasteiger partial charge < -0.3 is 0 Å². The summed E-state index contributed by atoms with van der Waals surface area (Å²) in [6.07, 6.45) is 0. The van der Waals surface area contributed by atoms with Crippen molar-refractivity contribution < 1.29 is 0 Å². The Hall–Kier alpha value is -2.30. The largest absolute Gasteiger partial charge is 0.227 e. The van der Waals surface area contributed by atoms with Crippen molar-refractivity contribution >= 4 is 34.4 Å². The Morgan fingerprint density at radius 2 is 1.76 bits per heavy atom. The highest BCUT2D eigenvalue weighted by Gasteiger charge is 2.19. The highest BCUT2D eigenvalue weighted by atomic mass is 35.5. The fourth-order valence-electron chi connectivity index (χ4n) is 2.73. The molecule has 4 rings (SSSR count). The summed E-state index contributed by atoms with van der Waals surface area (Å²) in [7, 11) is 0. The van der Waals surface area contributed by atoms with Crippen LogP contribution in [0.25, 0.3) is 11.0 Å². The molecule has 0 fully saturated rings. The molecule has 1 heterocycles. The zero-order valence-corrected chi connectivity index (χ0v) is 15.2. The lowest BCUT2D eigenvalue weighted by atomic mass is 10.2. The summed E-state index contributed by atoms with van der Waals surface area (Å²) in [6.45, 7) is 2.09. The lowest BCUT2D eigenvalue weighted by Crippen LogP contribution is -2.09. The number of benzene rings is 3. The van der Waals surface area contributed by atoms with Gasteiger partial charge >= 0.3 is 0 Å². The Morgan fingerprint density at radius 3 is 2.56 bits per heavy atom. The van der Waals surface area contributed by atoms with E-state index in [1.807, 2.05) is 47.1 Å². The van der Waals surface area contributed by atoms with Crippen LogP contribution in [0.3, 0.4) is 0 Å². The van der Waals surface area contributed by atoms with Gasteiger partial charge in [-0.2, -0.15) is 0 Å².